The van der Waals surface area contributed by atoms with E-state index in [9.17, 15) is 4.79 Å². The van der Waals surface area contributed by atoms with Gasteiger partial charge in [-0.1, -0.05) is 19.9 Å². The lowest BCUT2D eigenvalue weighted by molar-refractivity contribution is -0.138. The highest BCUT2D eigenvalue weighted by Gasteiger charge is 2.21. The van der Waals surface area contributed by atoms with E-state index in [1.807, 2.05) is 6.92 Å². The first kappa shape index (κ1) is 10.3. The van der Waals surface area contributed by atoms with Crippen molar-refractivity contribution < 1.29 is 9.53 Å². The van der Waals surface area contributed by atoms with Gasteiger partial charge in [0, 0.05) is 5.57 Å². The first-order valence-electron chi connectivity index (χ1n) is 5.03. The molecule has 0 aliphatic heterocycles. The Kier molecular flexibility index (Phi) is 3.52. The highest BCUT2D eigenvalue weighted by atomic mass is 16.5. The number of esters is 1. The lowest BCUT2D eigenvalue weighted by Crippen LogP contribution is -2.17. The van der Waals surface area contributed by atoms with Crippen molar-refractivity contribution in [3.8, 4) is 0 Å². The van der Waals surface area contributed by atoms with E-state index in [4.69, 9.17) is 4.74 Å². The van der Waals surface area contributed by atoms with Crippen molar-refractivity contribution in [3.05, 3.63) is 11.6 Å². The SMILES string of the molecule is CCOC(=O)C1=C[C@@H](C)[C@H](C)CC1. The molecule has 0 spiro atoms. The van der Waals surface area contributed by atoms with Crippen molar-refractivity contribution >= 4 is 5.97 Å². The number of carbonyl (C=O) groups is 1. The molecule has 0 aromatic heterocycles. The quantitative estimate of drug-likeness (QED) is 0.613. The number of carbonyl (C=O) groups excluding carboxylic acids is 1. The topological polar surface area (TPSA) is 26.3 Å². The van der Waals surface area contributed by atoms with Crippen LogP contribution >= 0.6 is 0 Å². The summed E-state index contributed by atoms with van der Waals surface area (Å²) in [5, 5.41) is 0. The van der Waals surface area contributed by atoms with Crippen LogP contribution in [-0.2, 0) is 9.53 Å². The van der Waals surface area contributed by atoms with Crippen LogP contribution in [0.5, 0.6) is 0 Å². The Morgan fingerprint density at radius 3 is 2.85 bits per heavy atom. The van der Waals surface area contributed by atoms with Crippen LogP contribution in [0.2, 0.25) is 0 Å². The molecule has 0 radical (unpaired) electrons. The van der Waals surface area contributed by atoms with Crippen molar-refractivity contribution in [2.75, 3.05) is 6.61 Å². The Bertz CT molecular complexity index is 218. The summed E-state index contributed by atoms with van der Waals surface area (Å²) in [4.78, 5) is 11.4. The summed E-state index contributed by atoms with van der Waals surface area (Å²) >= 11 is 0. The van der Waals surface area contributed by atoms with E-state index in [1.54, 1.807) is 0 Å². The minimum absolute atomic E-state index is 0.124. The van der Waals surface area contributed by atoms with Crippen LogP contribution in [0.4, 0.5) is 0 Å². The minimum atomic E-state index is -0.124. The number of hydrogen-bond acceptors (Lipinski definition) is 2. The summed E-state index contributed by atoms with van der Waals surface area (Å²) in [6, 6.07) is 0. The zero-order valence-corrected chi connectivity index (χ0v) is 8.67. The third-order valence-corrected chi connectivity index (χ3v) is 2.77. The summed E-state index contributed by atoms with van der Waals surface area (Å²) in [7, 11) is 0. The van der Waals surface area contributed by atoms with Gasteiger partial charge in [-0.3, -0.25) is 0 Å². The molecule has 13 heavy (non-hydrogen) atoms. The molecule has 0 N–H and O–H groups in total. The van der Waals surface area contributed by atoms with Gasteiger partial charge in [0.2, 0.25) is 0 Å². The van der Waals surface area contributed by atoms with E-state index in [1.165, 1.54) is 0 Å². The van der Waals surface area contributed by atoms with Gasteiger partial charge < -0.3 is 4.74 Å². The molecule has 0 aromatic rings. The van der Waals surface area contributed by atoms with Crippen molar-refractivity contribution in [3.63, 3.8) is 0 Å². The maximum Gasteiger partial charge on any atom is 0.333 e. The molecule has 2 atom stereocenters. The van der Waals surface area contributed by atoms with E-state index >= 15 is 0 Å². The Morgan fingerprint density at radius 2 is 2.31 bits per heavy atom. The first-order valence-corrected chi connectivity index (χ1v) is 5.03. The Morgan fingerprint density at radius 1 is 1.62 bits per heavy atom. The second-order valence-corrected chi connectivity index (χ2v) is 3.79. The molecule has 1 rings (SSSR count). The van der Waals surface area contributed by atoms with E-state index < -0.39 is 0 Å². The van der Waals surface area contributed by atoms with Crippen LogP contribution in [0.3, 0.4) is 0 Å². The summed E-state index contributed by atoms with van der Waals surface area (Å²) in [5.74, 6) is 1.08. The van der Waals surface area contributed by atoms with Crippen LogP contribution in [0.25, 0.3) is 0 Å². The predicted molar refractivity (Wildman–Crippen MR) is 52.3 cm³/mol. The maximum atomic E-state index is 11.4. The lowest BCUT2D eigenvalue weighted by atomic mass is 9.83. The monoisotopic (exact) mass is 182 g/mol. The van der Waals surface area contributed by atoms with Gasteiger partial charge in [-0.2, -0.15) is 0 Å². The summed E-state index contributed by atoms with van der Waals surface area (Å²) in [6.45, 7) is 6.69. The van der Waals surface area contributed by atoms with Gasteiger partial charge in [-0.25, -0.2) is 4.79 Å². The molecule has 2 heteroatoms. The number of ether oxygens (including phenoxy) is 1. The first-order chi connectivity index (χ1) is 6.15. The van der Waals surface area contributed by atoms with Gasteiger partial charge in [0.15, 0.2) is 0 Å². The second kappa shape index (κ2) is 4.45. The standard InChI is InChI=1S/C11H18O2/c1-4-13-11(12)10-6-5-8(2)9(3)7-10/h7-9H,4-6H2,1-3H3/t8-,9-/m1/s1. The fraction of sp³-hybridized carbons (Fsp3) is 0.727. The molecule has 0 aromatic carbocycles. The molecular formula is C11H18O2. The largest absolute Gasteiger partial charge is 0.463 e. The van der Waals surface area contributed by atoms with E-state index in [2.05, 4.69) is 19.9 Å². The van der Waals surface area contributed by atoms with Crippen LogP contribution in [0, 0.1) is 11.8 Å². The summed E-state index contributed by atoms with van der Waals surface area (Å²) in [6.07, 6.45) is 4.04. The zero-order chi connectivity index (χ0) is 9.84. The zero-order valence-electron chi connectivity index (χ0n) is 8.67. The molecule has 0 unspecified atom stereocenters. The van der Waals surface area contributed by atoms with Gasteiger partial charge in [0.25, 0.3) is 0 Å². The molecule has 0 fully saturated rings. The molecule has 0 heterocycles. The average molecular weight is 182 g/mol. The van der Waals surface area contributed by atoms with Crippen molar-refractivity contribution in [2.24, 2.45) is 11.8 Å². The second-order valence-electron chi connectivity index (χ2n) is 3.79. The Hall–Kier alpha value is -0.790. The normalized spacial score (nSPS) is 28.1. The van der Waals surface area contributed by atoms with E-state index in [-0.39, 0.29) is 5.97 Å². The average Bonchev–Trinajstić information content (AvgIpc) is 2.10. The number of allylic oxidation sites excluding steroid dienone is 1. The predicted octanol–water partition coefficient (Wildman–Crippen LogP) is 2.54. The summed E-state index contributed by atoms with van der Waals surface area (Å²) in [5.41, 5.74) is 0.868. The molecule has 2 nitrogen and oxygen atoms in total. The van der Waals surface area contributed by atoms with Gasteiger partial charge >= 0.3 is 5.97 Å². The van der Waals surface area contributed by atoms with Crippen LogP contribution < -0.4 is 0 Å². The third kappa shape index (κ3) is 2.58. The van der Waals surface area contributed by atoms with Gasteiger partial charge in [-0.05, 0) is 31.6 Å². The molecule has 0 saturated heterocycles. The van der Waals surface area contributed by atoms with Crippen molar-refractivity contribution in [1.82, 2.24) is 0 Å². The third-order valence-electron chi connectivity index (χ3n) is 2.77. The number of hydrogen-bond donors (Lipinski definition) is 0. The van der Waals surface area contributed by atoms with Crippen LogP contribution in [0.15, 0.2) is 11.6 Å². The van der Waals surface area contributed by atoms with Gasteiger partial charge in [0.05, 0.1) is 6.61 Å². The van der Waals surface area contributed by atoms with Crippen LogP contribution in [-0.4, -0.2) is 12.6 Å². The molecule has 0 amide bonds. The maximum absolute atomic E-state index is 11.4. The highest BCUT2D eigenvalue weighted by molar-refractivity contribution is 5.88. The van der Waals surface area contributed by atoms with Crippen molar-refractivity contribution in [1.29, 1.82) is 0 Å². The van der Waals surface area contributed by atoms with Gasteiger partial charge in [0.1, 0.15) is 0 Å². The molecule has 1 aliphatic carbocycles. The highest BCUT2D eigenvalue weighted by Crippen LogP contribution is 2.28. The van der Waals surface area contributed by atoms with Crippen molar-refractivity contribution in [2.45, 2.75) is 33.6 Å². The van der Waals surface area contributed by atoms with E-state index in [0.29, 0.717) is 18.4 Å². The Balaban J connectivity index is 2.61. The van der Waals surface area contributed by atoms with Gasteiger partial charge in [-0.15, -0.1) is 0 Å². The van der Waals surface area contributed by atoms with Crippen LogP contribution in [0.1, 0.15) is 33.6 Å². The molecule has 0 saturated carbocycles. The molecule has 0 bridgehead atoms. The number of rotatable bonds is 2. The summed E-state index contributed by atoms with van der Waals surface area (Å²) < 4.78 is 4.96. The minimum Gasteiger partial charge on any atom is -0.463 e. The van der Waals surface area contributed by atoms with E-state index in [0.717, 1.165) is 18.4 Å². The smallest absolute Gasteiger partial charge is 0.333 e. The molecule has 74 valence electrons. The molecular weight excluding hydrogens is 164 g/mol. The lowest BCUT2D eigenvalue weighted by Gasteiger charge is -2.23. The fourth-order valence-electron chi connectivity index (χ4n) is 1.60. The fourth-order valence-corrected chi connectivity index (χ4v) is 1.60. The molecule has 1 aliphatic rings. The Labute approximate surface area is 80.0 Å².